The van der Waals surface area contributed by atoms with Gasteiger partial charge in [-0.3, -0.25) is 9.59 Å². The van der Waals surface area contributed by atoms with E-state index < -0.39 is 5.92 Å². The first-order chi connectivity index (χ1) is 13.0. The second kappa shape index (κ2) is 8.52. The molecule has 2 aromatic rings. The Balaban J connectivity index is 1.96. The van der Waals surface area contributed by atoms with Gasteiger partial charge in [-0.25, -0.2) is 0 Å². The highest BCUT2D eigenvalue weighted by molar-refractivity contribution is 7.07. The van der Waals surface area contributed by atoms with E-state index in [0.29, 0.717) is 11.3 Å². The van der Waals surface area contributed by atoms with E-state index in [1.807, 2.05) is 52.4 Å². The van der Waals surface area contributed by atoms with Crippen molar-refractivity contribution >= 4 is 23.2 Å². The van der Waals surface area contributed by atoms with Crippen LogP contribution in [0.4, 0.5) is 0 Å². The Morgan fingerprint density at radius 3 is 2.67 bits per heavy atom. The average molecular weight is 388 g/mol. The van der Waals surface area contributed by atoms with Gasteiger partial charge >= 0.3 is 0 Å². The van der Waals surface area contributed by atoms with Crippen LogP contribution in [0.1, 0.15) is 37.8 Å². The molecule has 144 valence electrons. The third-order valence-electron chi connectivity index (χ3n) is 4.92. The van der Waals surface area contributed by atoms with Crippen LogP contribution >= 0.6 is 11.3 Å². The summed E-state index contributed by atoms with van der Waals surface area (Å²) in [6.07, 6.45) is 3.98. The lowest BCUT2D eigenvalue weighted by Gasteiger charge is -2.27. The van der Waals surface area contributed by atoms with Crippen molar-refractivity contribution in [2.45, 2.75) is 32.2 Å². The van der Waals surface area contributed by atoms with Gasteiger partial charge in [0.2, 0.25) is 5.91 Å². The number of likely N-dealkylation sites (tertiary alicyclic amines) is 1. The number of aromatic nitrogens is 1. The fourth-order valence-corrected chi connectivity index (χ4v) is 4.16. The van der Waals surface area contributed by atoms with Crippen LogP contribution in [0.5, 0.6) is 5.75 Å². The number of ether oxygens (including phenoxy) is 1. The van der Waals surface area contributed by atoms with Crippen molar-refractivity contribution in [1.29, 1.82) is 0 Å². The molecule has 1 aromatic heterocycles. The zero-order valence-electron chi connectivity index (χ0n) is 15.9. The Morgan fingerprint density at radius 2 is 2.07 bits per heavy atom. The smallest absolute Gasteiger partial charge is 0.254 e. The molecule has 6 nitrogen and oxygen atoms in total. The minimum Gasteiger partial charge on any atom is -0.497 e. The SMILES string of the molecule is CCCCN1C(=O)C[C@H](C(=O)N=c2sccn2C)[C@@H]1c1ccc(OC)cc1. The zero-order valence-corrected chi connectivity index (χ0v) is 16.7. The van der Waals surface area contributed by atoms with Crippen LogP contribution in [-0.2, 0) is 16.6 Å². The molecule has 0 bridgehead atoms. The van der Waals surface area contributed by atoms with E-state index in [0.717, 1.165) is 24.2 Å². The number of unbranched alkanes of at least 4 members (excludes halogenated alkanes) is 1. The average Bonchev–Trinajstić information content (AvgIpc) is 3.23. The maximum Gasteiger partial charge on any atom is 0.254 e. The summed E-state index contributed by atoms with van der Waals surface area (Å²) in [5, 5.41) is 1.89. The number of amides is 2. The summed E-state index contributed by atoms with van der Waals surface area (Å²) in [6.45, 7) is 2.75. The predicted octanol–water partition coefficient (Wildman–Crippen LogP) is 2.91. The summed E-state index contributed by atoms with van der Waals surface area (Å²) < 4.78 is 7.05. The second-order valence-electron chi connectivity index (χ2n) is 6.72. The Bertz CT molecular complexity index is 869. The number of aryl methyl sites for hydroxylation is 1. The molecule has 3 rings (SSSR count). The van der Waals surface area contributed by atoms with Gasteiger partial charge in [-0.2, -0.15) is 4.99 Å². The number of carbonyl (C=O) groups is 2. The molecule has 0 radical (unpaired) electrons. The highest BCUT2D eigenvalue weighted by atomic mass is 32.1. The van der Waals surface area contributed by atoms with Crippen LogP contribution in [0.3, 0.4) is 0 Å². The van der Waals surface area contributed by atoms with Crippen molar-refractivity contribution in [2.24, 2.45) is 18.0 Å². The van der Waals surface area contributed by atoms with Crippen LogP contribution in [0, 0.1) is 5.92 Å². The summed E-state index contributed by atoms with van der Waals surface area (Å²) >= 11 is 1.41. The van der Waals surface area contributed by atoms with Gasteiger partial charge in [0, 0.05) is 31.6 Å². The standard InChI is InChI=1S/C20H25N3O3S/c1-4-5-10-23-17(24)13-16(19(25)21-20-22(2)11-12-27-20)18(23)14-6-8-15(26-3)9-7-14/h6-9,11-12,16,18H,4-5,10,13H2,1-3H3/t16-,18-/m0/s1. The number of rotatable bonds is 6. The molecule has 0 saturated carbocycles. The molecule has 0 unspecified atom stereocenters. The van der Waals surface area contributed by atoms with Gasteiger partial charge in [0.05, 0.1) is 19.1 Å². The van der Waals surface area contributed by atoms with Crippen molar-refractivity contribution in [1.82, 2.24) is 9.47 Å². The minimum atomic E-state index is -0.468. The quantitative estimate of drug-likeness (QED) is 0.766. The highest BCUT2D eigenvalue weighted by Gasteiger charge is 2.44. The van der Waals surface area contributed by atoms with Gasteiger partial charge in [0.15, 0.2) is 4.80 Å². The van der Waals surface area contributed by atoms with E-state index in [1.54, 1.807) is 7.11 Å². The van der Waals surface area contributed by atoms with Crippen LogP contribution < -0.4 is 9.54 Å². The molecular weight excluding hydrogens is 362 g/mol. The molecule has 27 heavy (non-hydrogen) atoms. The molecule has 0 aliphatic carbocycles. The van der Waals surface area contributed by atoms with Crippen LogP contribution in [-0.4, -0.2) is 34.9 Å². The Labute approximate surface area is 163 Å². The topological polar surface area (TPSA) is 63.9 Å². The molecular formula is C20H25N3O3S. The number of carbonyl (C=O) groups excluding carboxylic acids is 2. The molecule has 2 amide bonds. The Kier molecular flexibility index (Phi) is 6.11. The van der Waals surface area contributed by atoms with Crippen LogP contribution in [0.2, 0.25) is 0 Å². The Morgan fingerprint density at radius 1 is 1.33 bits per heavy atom. The summed E-state index contributed by atoms with van der Waals surface area (Å²) in [5.74, 6) is 0.0702. The number of thiazole rings is 1. The first-order valence-corrected chi connectivity index (χ1v) is 10.0. The van der Waals surface area contributed by atoms with E-state index in [4.69, 9.17) is 4.74 Å². The lowest BCUT2D eigenvalue weighted by molar-refractivity contribution is -0.129. The number of methoxy groups -OCH3 is 1. The van der Waals surface area contributed by atoms with Crippen LogP contribution in [0.25, 0.3) is 0 Å². The molecule has 1 aromatic carbocycles. The first kappa shape index (κ1) is 19.4. The van der Waals surface area contributed by atoms with Gasteiger partial charge in [0.25, 0.3) is 5.91 Å². The maximum absolute atomic E-state index is 13.0. The minimum absolute atomic E-state index is 0.0216. The summed E-state index contributed by atoms with van der Waals surface area (Å²) in [7, 11) is 3.48. The van der Waals surface area contributed by atoms with Gasteiger partial charge in [-0.05, 0) is 24.1 Å². The van der Waals surface area contributed by atoms with E-state index >= 15 is 0 Å². The molecule has 7 heteroatoms. The molecule has 1 aliphatic heterocycles. The van der Waals surface area contributed by atoms with Gasteiger partial charge in [-0.15, -0.1) is 11.3 Å². The van der Waals surface area contributed by atoms with Gasteiger partial charge in [-0.1, -0.05) is 25.5 Å². The molecule has 2 atom stereocenters. The van der Waals surface area contributed by atoms with Crippen molar-refractivity contribution in [3.05, 3.63) is 46.2 Å². The van der Waals surface area contributed by atoms with E-state index in [2.05, 4.69) is 11.9 Å². The lowest BCUT2D eigenvalue weighted by Crippen LogP contribution is -2.31. The number of hydrogen-bond acceptors (Lipinski definition) is 4. The van der Waals surface area contributed by atoms with Crippen molar-refractivity contribution in [3.63, 3.8) is 0 Å². The van der Waals surface area contributed by atoms with E-state index in [1.165, 1.54) is 11.3 Å². The second-order valence-corrected chi connectivity index (χ2v) is 7.59. The van der Waals surface area contributed by atoms with Crippen LogP contribution in [0.15, 0.2) is 40.8 Å². The largest absolute Gasteiger partial charge is 0.497 e. The molecule has 0 spiro atoms. The molecule has 1 fully saturated rings. The van der Waals surface area contributed by atoms with Gasteiger partial charge in [0.1, 0.15) is 5.75 Å². The third-order valence-corrected chi connectivity index (χ3v) is 5.77. The first-order valence-electron chi connectivity index (χ1n) is 9.17. The Hall–Kier alpha value is -2.41. The summed E-state index contributed by atoms with van der Waals surface area (Å²) in [6, 6.07) is 7.33. The fourth-order valence-electron chi connectivity index (χ4n) is 3.43. The fraction of sp³-hybridized carbons (Fsp3) is 0.450. The molecule has 2 heterocycles. The van der Waals surface area contributed by atoms with E-state index in [-0.39, 0.29) is 24.3 Å². The molecule has 0 N–H and O–H groups in total. The molecule has 1 saturated heterocycles. The molecule has 1 aliphatic rings. The number of nitrogens with zero attached hydrogens (tertiary/aromatic N) is 3. The van der Waals surface area contributed by atoms with E-state index in [9.17, 15) is 9.59 Å². The van der Waals surface area contributed by atoms with Gasteiger partial charge < -0.3 is 14.2 Å². The summed E-state index contributed by atoms with van der Waals surface area (Å²) in [5.41, 5.74) is 0.946. The predicted molar refractivity (Wildman–Crippen MR) is 104 cm³/mol. The van der Waals surface area contributed by atoms with Crippen molar-refractivity contribution in [3.8, 4) is 5.75 Å². The maximum atomic E-state index is 13.0. The monoisotopic (exact) mass is 387 g/mol. The number of benzene rings is 1. The zero-order chi connectivity index (χ0) is 19.4. The van der Waals surface area contributed by atoms with Crippen molar-refractivity contribution < 1.29 is 14.3 Å². The highest BCUT2D eigenvalue weighted by Crippen LogP contribution is 2.39. The normalized spacial score (nSPS) is 20.3. The number of hydrogen-bond donors (Lipinski definition) is 0. The lowest BCUT2D eigenvalue weighted by atomic mass is 9.93. The third kappa shape index (κ3) is 4.13. The summed E-state index contributed by atoms with van der Waals surface area (Å²) in [4.78, 5) is 32.4. The van der Waals surface area contributed by atoms with Crippen molar-refractivity contribution in [2.75, 3.05) is 13.7 Å².